The summed E-state index contributed by atoms with van der Waals surface area (Å²) in [6.07, 6.45) is -2.70. The van der Waals surface area contributed by atoms with Crippen LogP contribution in [0.15, 0.2) is 43.0 Å². The summed E-state index contributed by atoms with van der Waals surface area (Å²) in [5, 5.41) is 2.71. The highest BCUT2D eigenvalue weighted by molar-refractivity contribution is 6.06. The first-order valence-corrected chi connectivity index (χ1v) is 11.4. The van der Waals surface area contributed by atoms with Gasteiger partial charge in [-0.25, -0.2) is 15.0 Å². The maximum atomic E-state index is 12.7. The number of amides is 1. The molecule has 4 rings (SSSR count). The standard InChI is InChI=1S/C24H25N5O8/c1-12-18(35-13(2)30)19(36-14(3)31)20(37-15(4)32)24(34-12)29-11-27-17-21(25-10-26-22(17)29)28-23(33)16-8-6-5-7-9-16/h5-12,18-20,24H,1-4H3,(H,25,26,28,33)/t12-,18-,19+,20+,24-/m1/s1. The number of carbonyl (C=O) groups excluding carboxylic acids is 4. The van der Waals surface area contributed by atoms with Gasteiger partial charge in [0.05, 0.1) is 12.4 Å². The van der Waals surface area contributed by atoms with Crippen molar-refractivity contribution in [3.63, 3.8) is 0 Å². The molecule has 1 aromatic carbocycles. The molecule has 1 N–H and O–H groups in total. The number of ether oxygens (including phenoxy) is 4. The van der Waals surface area contributed by atoms with E-state index in [1.165, 1.54) is 38.0 Å². The Morgan fingerprint density at radius 3 is 2.14 bits per heavy atom. The highest BCUT2D eigenvalue weighted by Crippen LogP contribution is 2.36. The first kappa shape index (κ1) is 25.7. The second-order valence-electron chi connectivity index (χ2n) is 8.32. The third kappa shape index (κ3) is 5.56. The van der Waals surface area contributed by atoms with E-state index in [0.29, 0.717) is 5.56 Å². The Hall–Kier alpha value is -4.39. The van der Waals surface area contributed by atoms with Gasteiger partial charge in [-0.1, -0.05) is 18.2 Å². The lowest BCUT2D eigenvalue weighted by molar-refractivity contribution is -0.259. The fourth-order valence-electron chi connectivity index (χ4n) is 4.11. The largest absolute Gasteiger partial charge is 0.456 e. The predicted octanol–water partition coefficient (Wildman–Crippen LogP) is 1.79. The summed E-state index contributed by atoms with van der Waals surface area (Å²) in [6.45, 7) is 5.20. The Labute approximate surface area is 211 Å². The van der Waals surface area contributed by atoms with Crippen LogP contribution in [0.1, 0.15) is 44.3 Å². The van der Waals surface area contributed by atoms with Gasteiger partial charge in [0.2, 0.25) is 0 Å². The second kappa shape index (κ2) is 10.7. The molecule has 1 fully saturated rings. The molecule has 0 saturated carbocycles. The maximum Gasteiger partial charge on any atom is 0.303 e. The van der Waals surface area contributed by atoms with E-state index < -0.39 is 54.5 Å². The number of benzene rings is 1. The Morgan fingerprint density at radius 1 is 0.865 bits per heavy atom. The monoisotopic (exact) mass is 511 g/mol. The number of hydrogen-bond donors (Lipinski definition) is 1. The zero-order valence-electron chi connectivity index (χ0n) is 20.5. The van der Waals surface area contributed by atoms with Gasteiger partial charge in [-0.2, -0.15) is 0 Å². The molecule has 37 heavy (non-hydrogen) atoms. The lowest BCUT2D eigenvalue weighted by Gasteiger charge is -2.43. The van der Waals surface area contributed by atoms with Crippen molar-refractivity contribution in [3.8, 4) is 0 Å². The van der Waals surface area contributed by atoms with Crippen LogP contribution in [-0.2, 0) is 33.3 Å². The van der Waals surface area contributed by atoms with E-state index >= 15 is 0 Å². The summed E-state index contributed by atoms with van der Waals surface area (Å²) in [5.41, 5.74) is 0.921. The summed E-state index contributed by atoms with van der Waals surface area (Å²) in [4.78, 5) is 61.1. The van der Waals surface area contributed by atoms with Crippen LogP contribution in [0, 0.1) is 0 Å². The van der Waals surface area contributed by atoms with Gasteiger partial charge in [0.15, 0.2) is 41.5 Å². The van der Waals surface area contributed by atoms with E-state index in [1.807, 2.05) is 0 Å². The van der Waals surface area contributed by atoms with E-state index in [-0.39, 0.29) is 17.0 Å². The Morgan fingerprint density at radius 2 is 1.49 bits per heavy atom. The minimum absolute atomic E-state index is 0.153. The summed E-state index contributed by atoms with van der Waals surface area (Å²) in [6, 6.07) is 8.57. The highest BCUT2D eigenvalue weighted by atomic mass is 16.7. The first-order valence-electron chi connectivity index (χ1n) is 11.4. The molecule has 3 aromatic rings. The van der Waals surface area contributed by atoms with Crippen molar-refractivity contribution in [1.29, 1.82) is 0 Å². The van der Waals surface area contributed by atoms with Crippen molar-refractivity contribution in [2.75, 3.05) is 5.32 Å². The topological polar surface area (TPSA) is 161 Å². The van der Waals surface area contributed by atoms with Crippen molar-refractivity contribution in [2.24, 2.45) is 0 Å². The third-order valence-corrected chi connectivity index (χ3v) is 5.55. The summed E-state index contributed by atoms with van der Waals surface area (Å²) in [7, 11) is 0. The van der Waals surface area contributed by atoms with Gasteiger partial charge in [0.1, 0.15) is 6.33 Å². The van der Waals surface area contributed by atoms with Crippen molar-refractivity contribution in [1.82, 2.24) is 19.5 Å². The van der Waals surface area contributed by atoms with Gasteiger partial charge >= 0.3 is 17.9 Å². The molecule has 194 valence electrons. The number of fused-ring (bicyclic) bond motifs is 1. The van der Waals surface area contributed by atoms with Crippen LogP contribution in [-0.4, -0.2) is 67.7 Å². The van der Waals surface area contributed by atoms with Crippen molar-refractivity contribution < 1.29 is 38.1 Å². The summed E-state index contributed by atoms with van der Waals surface area (Å²) < 4.78 is 23.9. The first-order chi connectivity index (χ1) is 17.7. The molecule has 0 spiro atoms. The van der Waals surface area contributed by atoms with Gasteiger partial charge < -0.3 is 24.3 Å². The van der Waals surface area contributed by atoms with E-state index in [4.69, 9.17) is 18.9 Å². The van der Waals surface area contributed by atoms with E-state index in [1.54, 1.807) is 37.3 Å². The number of carbonyl (C=O) groups is 4. The van der Waals surface area contributed by atoms with Crippen molar-refractivity contribution in [2.45, 2.75) is 58.3 Å². The molecule has 0 bridgehead atoms. The number of hydrogen-bond acceptors (Lipinski definition) is 11. The van der Waals surface area contributed by atoms with Crippen LogP contribution in [0.5, 0.6) is 0 Å². The molecule has 0 aliphatic carbocycles. The molecule has 3 heterocycles. The lowest BCUT2D eigenvalue weighted by Crippen LogP contribution is -2.58. The van der Waals surface area contributed by atoms with E-state index in [2.05, 4.69) is 20.3 Å². The number of anilines is 1. The van der Waals surface area contributed by atoms with Crippen LogP contribution in [0.3, 0.4) is 0 Å². The van der Waals surface area contributed by atoms with Gasteiger partial charge in [0, 0.05) is 26.3 Å². The van der Waals surface area contributed by atoms with Crippen LogP contribution in [0.2, 0.25) is 0 Å². The molecule has 1 amide bonds. The average molecular weight is 511 g/mol. The molecule has 5 atom stereocenters. The Bertz CT molecular complexity index is 1330. The summed E-state index contributed by atoms with van der Waals surface area (Å²) >= 11 is 0. The molecule has 0 radical (unpaired) electrons. The van der Waals surface area contributed by atoms with Crippen LogP contribution in [0.4, 0.5) is 5.82 Å². The number of rotatable bonds is 6. The van der Waals surface area contributed by atoms with Crippen LogP contribution < -0.4 is 5.32 Å². The molecule has 13 heteroatoms. The highest BCUT2D eigenvalue weighted by Gasteiger charge is 2.51. The van der Waals surface area contributed by atoms with Gasteiger partial charge in [-0.15, -0.1) is 0 Å². The van der Waals surface area contributed by atoms with Crippen LogP contribution >= 0.6 is 0 Å². The van der Waals surface area contributed by atoms with Crippen LogP contribution in [0.25, 0.3) is 11.2 Å². The molecule has 1 aliphatic heterocycles. The molecule has 2 aromatic heterocycles. The minimum atomic E-state index is -1.23. The van der Waals surface area contributed by atoms with Crippen molar-refractivity contribution >= 4 is 40.8 Å². The van der Waals surface area contributed by atoms with Gasteiger partial charge in [-0.3, -0.25) is 23.7 Å². The SMILES string of the molecule is CC(=O)O[C@@H]1[C@H](OC(C)=O)[C@H](n2cnc3c(NC(=O)c4ccccc4)ncnc32)O[C@H](C)[C@H]1OC(C)=O. The smallest absolute Gasteiger partial charge is 0.303 e. The minimum Gasteiger partial charge on any atom is -0.456 e. The maximum absolute atomic E-state index is 12.7. The molecule has 13 nitrogen and oxygen atoms in total. The molecule has 1 aliphatic rings. The number of nitrogens with zero attached hydrogens (tertiary/aromatic N) is 4. The fourth-order valence-corrected chi connectivity index (χ4v) is 4.11. The Kier molecular flexibility index (Phi) is 7.43. The quantitative estimate of drug-likeness (QED) is 0.379. The average Bonchev–Trinajstić information content (AvgIpc) is 3.28. The lowest BCUT2D eigenvalue weighted by atomic mass is 9.97. The second-order valence-corrected chi connectivity index (χ2v) is 8.32. The zero-order chi connectivity index (χ0) is 26.7. The number of esters is 3. The molecule has 1 saturated heterocycles. The van der Waals surface area contributed by atoms with E-state index in [9.17, 15) is 19.2 Å². The predicted molar refractivity (Wildman–Crippen MR) is 126 cm³/mol. The molecular formula is C24H25N5O8. The van der Waals surface area contributed by atoms with Gasteiger partial charge in [0.25, 0.3) is 5.91 Å². The number of imidazole rings is 1. The third-order valence-electron chi connectivity index (χ3n) is 5.55. The number of aromatic nitrogens is 4. The van der Waals surface area contributed by atoms with Crippen molar-refractivity contribution in [3.05, 3.63) is 48.5 Å². The fraction of sp³-hybridized carbons (Fsp3) is 0.375. The molecule has 0 unspecified atom stereocenters. The normalized spacial score (nSPS) is 23.2. The van der Waals surface area contributed by atoms with Gasteiger partial charge in [-0.05, 0) is 19.1 Å². The number of nitrogens with one attached hydrogen (secondary N) is 1. The van der Waals surface area contributed by atoms with E-state index in [0.717, 1.165) is 0 Å². The zero-order valence-corrected chi connectivity index (χ0v) is 20.5. The molecular weight excluding hydrogens is 486 g/mol. The Balaban J connectivity index is 1.73. The summed E-state index contributed by atoms with van der Waals surface area (Å²) in [5.74, 6) is -2.22.